The van der Waals surface area contributed by atoms with Gasteiger partial charge in [-0.1, -0.05) is 19.9 Å². The minimum atomic E-state index is 0.518. The Bertz CT molecular complexity index is 419. The molecule has 0 atom stereocenters. The maximum absolute atomic E-state index is 4.86. The first kappa shape index (κ1) is 10.1. The molecule has 1 aliphatic carbocycles. The highest BCUT2D eigenvalue weighted by molar-refractivity contribution is 5.56. The number of anilines is 1. The predicted molar refractivity (Wildman–Crippen MR) is 67.1 cm³/mol. The van der Waals surface area contributed by atoms with Crippen LogP contribution in [0, 0.1) is 0 Å². The molecule has 2 nitrogen and oxygen atoms in total. The fourth-order valence-electron chi connectivity index (χ4n) is 2.78. The summed E-state index contributed by atoms with van der Waals surface area (Å²) in [5.41, 5.74) is 3.25. The Morgan fingerprint density at radius 1 is 1.25 bits per heavy atom. The van der Waals surface area contributed by atoms with Crippen molar-refractivity contribution in [2.75, 3.05) is 18.5 Å². The van der Waals surface area contributed by atoms with Crippen LogP contribution in [0.3, 0.4) is 0 Å². The standard InChI is InChI=1S/C14H20N2/c1-10(2)12-5-4-11-13(15-12)16(3)9-8-14(11)6-7-14/h4-5,10H,6-9H2,1-3H3. The minimum absolute atomic E-state index is 0.518. The molecule has 2 aliphatic rings. The molecule has 2 heteroatoms. The van der Waals surface area contributed by atoms with Gasteiger partial charge in [0.1, 0.15) is 5.82 Å². The van der Waals surface area contributed by atoms with Crippen LogP contribution in [-0.2, 0) is 5.41 Å². The molecule has 0 aromatic carbocycles. The molecular weight excluding hydrogens is 196 g/mol. The van der Waals surface area contributed by atoms with Crippen LogP contribution in [0.1, 0.15) is 50.3 Å². The first-order valence-electron chi connectivity index (χ1n) is 6.35. The third-order valence-corrected chi connectivity index (χ3v) is 4.20. The van der Waals surface area contributed by atoms with Crippen molar-refractivity contribution in [3.8, 4) is 0 Å². The van der Waals surface area contributed by atoms with Crippen molar-refractivity contribution >= 4 is 5.82 Å². The second-order valence-electron chi connectivity index (χ2n) is 5.71. The molecule has 0 saturated heterocycles. The van der Waals surface area contributed by atoms with Gasteiger partial charge >= 0.3 is 0 Å². The molecule has 1 aromatic rings. The highest BCUT2D eigenvalue weighted by atomic mass is 15.2. The Kier molecular flexibility index (Phi) is 2.04. The van der Waals surface area contributed by atoms with E-state index in [2.05, 4.69) is 37.9 Å². The van der Waals surface area contributed by atoms with Crippen molar-refractivity contribution in [2.24, 2.45) is 0 Å². The zero-order chi connectivity index (χ0) is 11.3. The summed E-state index contributed by atoms with van der Waals surface area (Å²) in [6, 6.07) is 4.56. The number of pyridine rings is 1. The lowest BCUT2D eigenvalue weighted by molar-refractivity contribution is 0.575. The van der Waals surface area contributed by atoms with Gasteiger partial charge in [-0.25, -0.2) is 4.98 Å². The molecule has 3 rings (SSSR count). The SMILES string of the molecule is CC(C)c1ccc2c(n1)N(C)CCC21CC1. The van der Waals surface area contributed by atoms with Gasteiger partial charge in [0.25, 0.3) is 0 Å². The van der Waals surface area contributed by atoms with Crippen LogP contribution in [0.25, 0.3) is 0 Å². The fourth-order valence-corrected chi connectivity index (χ4v) is 2.78. The normalized spacial score (nSPS) is 21.4. The van der Waals surface area contributed by atoms with E-state index in [1.54, 1.807) is 0 Å². The van der Waals surface area contributed by atoms with Crippen molar-refractivity contribution in [3.63, 3.8) is 0 Å². The Morgan fingerprint density at radius 3 is 2.62 bits per heavy atom. The van der Waals surface area contributed by atoms with Crippen molar-refractivity contribution in [1.82, 2.24) is 4.98 Å². The molecule has 1 aromatic heterocycles. The Hall–Kier alpha value is -1.05. The van der Waals surface area contributed by atoms with Gasteiger partial charge in [-0.15, -0.1) is 0 Å². The van der Waals surface area contributed by atoms with Gasteiger partial charge in [-0.2, -0.15) is 0 Å². The van der Waals surface area contributed by atoms with E-state index in [0.29, 0.717) is 11.3 Å². The Balaban J connectivity index is 2.09. The Morgan fingerprint density at radius 2 is 2.00 bits per heavy atom. The van der Waals surface area contributed by atoms with E-state index in [1.807, 2.05) is 0 Å². The van der Waals surface area contributed by atoms with Crippen LogP contribution < -0.4 is 4.90 Å². The summed E-state index contributed by atoms with van der Waals surface area (Å²) in [5.74, 6) is 1.77. The summed E-state index contributed by atoms with van der Waals surface area (Å²) < 4.78 is 0. The number of hydrogen-bond donors (Lipinski definition) is 0. The monoisotopic (exact) mass is 216 g/mol. The number of fused-ring (bicyclic) bond motifs is 2. The molecule has 1 saturated carbocycles. The molecule has 2 heterocycles. The number of nitrogens with zero attached hydrogens (tertiary/aromatic N) is 2. The molecule has 0 N–H and O–H groups in total. The third-order valence-electron chi connectivity index (χ3n) is 4.20. The van der Waals surface area contributed by atoms with Crippen LogP contribution in [-0.4, -0.2) is 18.6 Å². The summed E-state index contributed by atoms with van der Waals surface area (Å²) in [6.45, 7) is 5.59. The number of aromatic nitrogens is 1. The second-order valence-corrected chi connectivity index (χ2v) is 5.71. The van der Waals surface area contributed by atoms with Crippen LogP contribution in [0.2, 0.25) is 0 Å². The molecule has 0 bridgehead atoms. The van der Waals surface area contributed by atoms with Gasteiger partial charge in [-0.05, 0) is 31.2 Å². The van der Waals surface area contributed by atoms with Gasteiger partial charge in [-0.3, -0.25) is 0 Å². The molecule has 0 amide bonds. The number of rotatable bonds is 1. The highest BCUT2D eigenvalue weighted by Gasteiger charge is 2.48. The average Bonchev–Trinajstić information content (AvgIpc) is 3.05. The highest BCUT2D eigenvalue weighted by Crippen LogP contribution is 2.55. The maximum atomic E-state index is 4.86. The lowest BCUT2D eigenvalue weighted by Crippen LogP contribution is -2.32. The summed E-state index contributed by atoms with van der Waals surface area (Å²) >= 11 is 0. The maximum Gasteiger partial charge on any atom is 0.132 e. The molecule has 1 spiro atoms. The van der Waals surface area contributed by atoms with Gasteiger partial charge in [0.05, 0.1) is 0 Å². The summed E-state index contributed by atoms with van der Waals surface area (Å²) in [7, 11) is 2.17. The summed E-state index contributed by atoms with van der Waals surface area (Å²) in [6.07, 6.45) is 4.06. The molecule has 1 fully saturated rings. The van der Waals surface area contributed by atoms with E-state index >= 15 is 0 Å². The number of hydrogen-bond acceptors (Lipinski definition) is 2. The first-order chi connectivity index (χ1) is 7.62. The van der Waals surface area contributed by atoms with E-state index < -0.39 is 0 Å². The van der Waals surface area contributed by atoms with Gasteiger partial charge < -0.3 is 4.90 Å². The fraction of sp³-hybridized carbons (Fsp3) is 0.643. The van der Waals surface area contributed by atoms with Crippen LogP contribution in [0.5, 0.6) is 0 Å². The largest absolute Gasteiger partial charge is 0.359 e. The van der Waals surface area contributed by atoms with Gasteiger partial charge in [0, 0.05) is 30.3 Å². The zero-order valence-electron chi connectivity index (χ0n) is 10.5. The van der Waals surface area contributed by atoms with E-state index in [4.69, 9.17) is 4.98 Å². The average molecular weight is 216 g/mol. The zero-order valence-corrected chi connectivity index (χ0v) is 10.5. The lowest BCUT2D eigenvalue weighted by atomic mass is 9.88. The lowest BCUT2D eigenvalue weighted by Gasteiger charge is -2.32. The van der Waals surface area contributed by atoms with Gasteiger partial charge in [0.2, 0.25) is 0 Å². The van der Waals surface area contributed by atoms with Gasteiger partial charge in [0.15, 0.2) is 0 Å². The van der Waals surface area contributed by atoms with Crippen LogP contribution >= 0.6 is 0 Å². The van der Waals surface area contributed by atoms with Crippen molar-refractivity contribution in [3.05, 3.63) is 23.4 Å². The Labute approximate surface area is 97.7 Å². The molecule has 0 unspecified atom stereocenters. The van der Waals surface area contributed by atoms with Crippen LogP contribution in [0.15, 0.2) is 12.1 Å². The first-order valence-corrected chi connectivity index (χ1v) is 6.35. The van der Waals surface area contributed by atoms with Crippen LogP contribution in [0.4, 0.5) is 5.82 Å². The molecule has 0 radical (unpaired) electrons. The van der Waals surface area contributed by atoms with Crippen molar-refractivity contribution in [2.45, 2.75) is 44.4 Å². The van der Waals surface area contributed by atoms with E-state index in [1.165, 1.54) is 42.9 Å². The smallest absolute Gasteiger partial charge is 0.132 e. The predicted octanol–water partition coefficient (Wildman–Crippen LogP) is 3.08. The molecule has 86 valence electrons. The third kappa shape index (κ3) is 1.35. The second kappa shape index (κ2) is 3.22. The minimum Gasteiger partial charge on any atom is -0.359 e. The molecular formula is C14H20N2. The molecule has 16 heavy (non-hydrogen) atoms. The summed E-state index contributed by atoms with van der Waals surface area (Å²) in [5, 5.41) is 0. The molecule has 1 aliphatic heterocycles. The quantitative estimate of drug-likeness (QED) is 0.717. The van der Waals surface area contributed by atoms with E-state index in [-0.39, 0.29) is 0 Å². The topological polar surface area (TPSA) is 16.1 Å². The van der Waals surface area contributed by atoms with E-state index in [9.17, 15) is 0 Å². The van der Waals surface area contributed by atoms with E-state index in [0.717, 1.165) is 0 Å². The summed E-state index contributed by atoms with van der Waals surface area (Å²) in [4.78, 5) is 7.18. The van der Waals surface area contributed by atoms with Crippen molar-refractivity contribution < 1.29 is 0 Å². The van der Waals surface area contributed by atoms with Crippen molar-refractivity contribution in [1.29, 1.82) is 0 Å².